The van der Waals surface area contributed by atoms with Crippen molar-refractivity contribution in [1.29, 1.82) is 0 Å². The number of nitrogens with one attached hydrogen (secondary N) is 1. The second-order valence-electron chi connectivity index (χ2n) is 7.10. The maximum atomic E-state index is 13.0. The lowest BCUT2D eigenvalue weighted by molar-refractivity contribution is -0.274. The molecule has 11 heteroatoms. The molecule has 0 aliphatic heterocycles. The van der Waals surface area contributed by atoms with Crippen LogP contribution in [0.2, 0.25) is 5.02 Å². The number of hydrogen-bond donors (Lipinski definition) is 1. The van der Waals surface area contributed by atoms with Crippen molar-refractivity contribution in [3.63, 3.8) is 0 Å². The molecule has 6 nitrogen and oxygen atoms in total. The maximum absolute atomic E-state index is 13.0. The van der Waals surface area contributed by atoms with E-state index in [1.165, 1.54) is 12.4 Å². The standard InChI is InChI=1S/C20H17ClF3N3O3S/c21-12-5-8-18(31(29)14-3-1-2-4-14)17(9-12)26-27-11-25-16-7-6-13(30-20(22,23)24)10-15(16)19(27)28/h5-11,14,26H,1-4H2. The first-order chi connectivity index (χ1) is 14.7. The molecule has 1 atom stereocenters. The molecule has 4 rings (SSSR count). The van der Waals surface area contributed by atoms with Gasteiger partial charge in [-0.15, -0.1) is 13.2 Å². The van der Waals surface area contributed by atoms with Crippen LogP contribution in [0.3, 0.4) is 0 Å². The largest absolute Gasteiger partial charge is 0.573 e. The summed E-state index contributed by atoms with van der Waals surface area (Å²) in [6, 6.07) is 8.14. The molecule has 1 aliphatic carbocycles. The number of aromatic nitrogens is 2. The topological polar surface area (TPSA) is 73.2 Å². The Morgan fingerprint density at radius 2 is 1.90 bits per heavy atom. The van der Waals surface area contributed by atoms with E-state index in [0.717, 1.165) is 42.5 Å². The molecule has 31 heavy (non-hydrogen) atoms. The van der Waals surface area contributed by atoms with Crippen LogP contribution >= 0.6 is 11.6 Å². The molecule has 1 N–H and O–H groups in total. The summed E-state index contributed by atoms with van der Waals surface area (Å²) in [4.78, 5) is 17.5. The molecule has 0 bridgehead atoms. The molecular formula is C20H17ClF3N3O3S. The molecule has 0 radical (unpaired) electrons. The molecule has 1 fully saturated rings. The van der Waals surface area contributed by atoms with Gasteiger partial charge in [0.2, 0.25) is 0 Å². The van der Waals surface area contributed by atoms with Gasteiger partial charge in [0.05, 0.1) is 32.3 Å². The van der Waals surface area contributed by atoms with Gasteiger partial charge >= 0.3 is 6.36 Å². The molecular weight excluding hydrogens is 455 g/mol. The minimum atomic E-state index is -4.88. The molecule has 3 aromatic rings. The van der Waals surface area contributed by atoms with Crippen LogP contribution < -0.4 is 15.7 Å². The zero-order chi connectivity index (χ0) is 22.2. The van der Waals surface area contributed by atoms with E-state index in [2.05, 4.69) is 15.1 Å². The van der Waals surface area contributed by atoms with Crippen LogP contribution in [0.15, 0.2) is 52.4 Å². The van der Waals surface area contributed by atoms with E-state index in [-0.39, 0.29) is 16.2 Å². The fraction of sp³-hybridized carbons (Fsp3) is 0.300. The first-order valence-electron chi connectivity index (χ1n) is 9.45. The molecule has 1 aromatic heterocycles. The SMILES string of the molecule is O=c1c2cc(OC(F)(F)F)ccc2ncn1Nc1cc(Cl)ccc1S(=O)C1CCCC1. The van der Waals surface area contributed by atoms with Gasteiger partial charge in [-0.1, -0.05) is 24.4 Å². The highest BCUT2D eigenvalue weighted by molar-refractivity contribution is 7.85. The predicted molar refractivity (Wildman–Crippen MR) is 112 cm³/mol. The van der Waals surface area contributed by atoms with Crippen molar-refractivity contribution in [2.75, 3.05) is 5.43 Å². The summed E-state index contributed by atoms with van der Waals surface area (Å²) in [5.74, 6) is -0.526. The summed E-state index contributed by atoms with van der Waals surface area (Å²) in [7, 11) is -1.30. The number of alkyl halides is 3. The quantitative estimate of drug-likeness (QED) is 0.574. The van der Waals surface area contributed by atoms with Gasteiger partial charge in [0.15, 0.2) is 0 Å². The van der Waals surface area contributed by atoms with Gasteiger partial charge < -0.3 is 4.74 Å². The highest BCUT2D eigenvalue weighted by Crippen LogP contribution is 2.32. The van der Waals surface area contributed by atoms with Gasteiger partial charge in [0.1, 0.15) is 12.1 Å². The van der Waals surface area contributed by atoms with E-state index in [1.54, 1.807) is 18.2 Å². The van der Waals surface area contributed by atoms with E-state index in [0.29, 0.717) is 15.6 Å². The van der Waals surface area contributed by atoms with Crippen molar-refractivity contribution in [2.24, 2.45) is 0 Å². The van der Waals surface area contributed by atoms with Crippen molar-refractivity contribution < 1.29 is 22.1 Å². The van der Waals surface area contributed by atoms with E-state index in [1.807, 2.05) is 0 Å². The molecule has 2 aromatic carbocycles. The second-order valence-corrected chi connectivity index (χ2v) is 9.24. The fourth-order valence-corrected chi connectivity index (χ4v) is 5.37. The molecule has 1 unspecified atom stereocenters. The van der Waals surface area contributed by atoms with E-state index >= 15 is 0 Å². The third kappa shape index (κ3) is 4.85. The van der Waals surface area contributed by atoms with Crippen LogP contribution in [-0.4, -0.2) is 25.5 Å². The number of fused-ring (bicyclic) bond motifs is 1. The zero-order valence-electron chi connectivity index (χ0n) is 16.0. The lowest BCUT2D eigenvalue weighted by Crippen LogP contribution is -2.27. The summed E-state index contributed by atoms with van der Waals surface area (Å²) in [5.41, 5.74) is 2.78. The van der Waals surface area contributed by atoms with Gasteiger partial charge in [0, 0.05) is 10.3 Å². The summed E-state index contributed by atoms with van der Waals surface area (Å²) in [6.07, 6.45) is 0.0693. The molecule has 164 valence electrons. The van der Waals surface area contributed by atoms with Crippen molar-refractivity contribution in [1.82, 2.24) is 9.66 Å². The molecule has 0 amide bonds. The monoisotopic (exact) mass is 471 g/mol. The fourth-order valence-electron chi connectivity index (χ4n) is 3.55. The van der Waals surface area contributed by atoms with E-state index in [9.17, 15) is 22.2 Å². The van der Waals surface area contributed by atoms with Gasteiger partial charge in [-0.05, 0) is 49.2 Å². The van der Waals surface area contributed by atoms with E-state index < -0.39 is 28.5 Å². The third-order valence-electron chi connectivity index (χ3n) is 4.97. The third-order valence-corrected chi connectivity index (χ3v) is 7.07. The normalized spacial score (nSPS) is 15.9. The van der Waals surface area contributed by atoms with Crippen molar-refractivity contribution in [2.45, 2.75) is 42.2 Å². The molecule has 0 spiro atoms. The minimum absolute atomic E-state index is 0.0234. The van der Waals surface area contributed by atoms with Crippen molar-refractivity contribution in [3.8, 4) is 5.75 Å². The Labute approximate surface area is 182 Å². The Morgan fingerprint density at radius 1 is 1.16 bits per heavy atom. The Bertz CT molecular complexity index is 1210. The predicted octanol–water partition coefficient (Wildman–Crippen LogP) is 4.87. The Kier molecular flexibility index (Phi) is 5.94. The average Bonchev–Trinajstić information content (AvgIpc) is 3.24. The lowest BCUT2D eigenvalue weighted by atomic mass is 10.2. The summed E-state index contributed by atoms with van der Waals surface area (Å²) in [6.45, 7) is 0. The summed E-state index contributed by atoms with van der Waals surface area (Å²) in [5, 5.41) is 0.324. The molecule has 0 saturated heterocycles. The highest BCUT2D eigenvalue weighted by atomic mass is 35.5. The van der Waals surface area contributed by atoms with Gasteiger partial charge in [0.25, 0.3) is 5.56 Å². The van der Waals surface area contributed by atoms with Crippen LogP contribution in [0.1, 0.15) is 25.7 Å². The first kappa shape index (κ1) is 21.6. The number of halogens is 4. The van der Waals surface area contributed by atoms with Crippen LogP contribution in [0.5, 0.6) is 5.75 Å². The van der Waals surface area contributed by atoms with Crippen molar-refractivity contribution in [3.05, 3.63) is 58.1 Å². The van der Waals surface area contributed by atoms with Gasteiger partial charge in [-0.3, -0.25) is 14.4 Å². The minimum Gasteiger partial charge on any atom is -0.406 e. The van der Waals surface area contributed by atoms with Gasteiger partial charge in [-0.25, -0.2) is 9.66 Å². The molecule has 1 saturated carbocycles. The lowest BCUT2D eigenvalue weighted by Gasteiger charge is -2.16. The smallest absolute Gasteiger partial charge is 0.406 e. The number of rotatable bonds is 5. The maximum Gasteiger partial charge on any atom is 0.573 e. The van der Waals surface area contributed by atoms with Crippen LogP contribution in [-0.2, 0) is 10.8 Å². The number of benzene rings is 2. The Balaban J connectivity index is 1.71. The molecule has 1 aliphatic rings. The van der Waals surface area contributed by atoms with Gasteiger partial charge in [-0.2, -0.15) is 0 Å². The van der Waals surface area contributed by atoms with Crippen LogP contribution in [0, 0.1) is 0 Å². The Hall–Kier alpha value is -2.59. The average molecular weight is 472 g/mol. The number of anilines is 1. The highest BCUT2D eigenvalue weighted by Gasteiger charge is 2.31. The second kappa shape index (κ2) is 8.51. The summed E-state index contributed by atoms with van der Waals surface area (Å²) >= 11 is 6.10. The number of nitrogens with zero attached hydrogens (tertiary/aromatic N) is 2. The zero-order valence-corrected chi connectivity index (χ0v) is 17.6. The molecule has 1 heterocycles. The first-order valence-corrected chi connectivity index (χ1v) is 11.0. The summed E-state index contributed by atoms with van der Waals surface area (Å²) < 4.78 is 55.5. The number of ether oxygens (including phenoxy) is 1. The Morgan fingerprint density at radius 3 is 2.61 bits per heavy atom. The van der Waals surface area contributed by atoms with Crippen molar-refractivity contribution >= 4 is 39.0 Å². The number of hydrogen-bond acceptors (Lipinski definition) is 5. The van der Waals surface area contributed by atoms with Crippen LogP contribution in [0.25, 0.3) is 10.9 Å². The van der Waals surface area contributed by atoms with Crippen LogP contribution in [0.4, 0.5) is 18.9 Å². The van der Waals surface area contributed by atoms with E-state index in [4.69, 9.17) is 11.6 Å².